The van der Waals surface area contributed by atoms with Gasteiger partial charge in [-0.05, 0) is 29.1 Å². The van der Waals surface area contributed by atoms with Gasteiger partial charge in [-0.3, -0.25) is 0 Å². The van der Waals surface area contributed by atoms with Crippen molar-refractivity contribution in [2.75, 3.05) is 20.3 Å². The van der Waals surface area contributed by atoms with E-state index in [1.807, 2.05) is 12.1 Å². The van der Waals surface area contributed by atoms with E-state index in [1.54, 1.807) is 19.2 Å². The molecule has 0 aliphatic rings. The lowest BCUT2D eigenvalue weighted by atomic mass is 10.1. The van der Waals surface area contributed by atoms with Crippen molar-refractivity contribution >= 4 is 10.9 Å². The molecule has 20 heavy (non-hydrogen) atoms. The van der Waals surface area contributed by atoms with Gasteiger partial charge in [-0.25, -0.2) is 0 Å². The second-order valence-corrected chi connectivity index (χ2v) is 4.62. The molecule has 0 saturated carbocycles. The summed E-state index contributed by atoms with van der Waals surface area (Å²) >= 11 is 0. The number of nitrogens with zero attached hydrogens (tertiary/aromatic N) is 1. The fourth-order valence-corrected chi connectivity index (χ4v) is 2.10. The predicted octanol–water partition coefficient (Wildman–Crippen LogP) is 2.94. The molecule has 6 heteroatoms. The Kier molecular flexibility index (Phi) is 4.67. The number of fused-ring (bicyclic) bond motifs is 1. The average Bonchev–Trinajstić information content (AvgIpc) is 2.75. The fraction of sp³-hybridized carbons (Fsp3) is 0.429. The van der Waals surface area contributed by atoms with Gasteiger partial charge in [0.2, 0.25) is 0 Å². The Labute approximate surface area is 115 Å². The standard InChI is InChI=1S/C14H17F3N2O/c1-20-7-5-18-9-11-2-3-13-12(8-11)4-6-19(13)10-14(15,16)17/h2-4,6,8,18H,5,7,9-10H2,1H3. The number of alkyl halides is 3. The van der Waals surface area contributed by atoms with Crippen molar-refractivity contribution in [3.8, 4) is 0 Å². The Bertz CT molecular complexity index is 563. The molecule has 3 nitrogen and oxygen atoms in total. The number of halogens is 3. The summed E-state index contributed by atoms with van der Waals surface area (Å²) in [5, 5.41) is 4.02. The Morgan fingerprint density at radius 2 is 2.05 bits per heavy atom. The molecular formula is C14H17F3N2O. The molecule has 1 heterocycles. The predicted molar refractivity (Wildman–Crippen MR) is 71.6 cm³/mol. The first kappa shape index (κ1) is 14.9. The molecule has 0 spiro atoms. The van der Waals surface area contributed by atoms with Crippen LogP contribution in [0.3, 0.4) is 0 Å². The second-order valence-electron chi connectivity index (χ2n) is 4.62. The van der Waals surface area contributed by atoms with Crippen LogP contribution in [0.25, 0.3) is 10.9 Å². The van der Waals surface area contributed by atoms with Gasteiger partial charge in [-0.1, -0.05) is 6.07 Å². The van der Waals surface area contributed by atoms with Crippen LogP contribution in [0.1, 0.15) is 5.56 Å². The van der Waals surface area contributed by atoms with Crippen LogP contribution in [-0.4, -0.2) is 31.0 Å². The first-order valence-corrected chi connectivity index (χ1v) is 6.34. The highest BCUT2D eigenvalue weighted by atomic mass is 19.4. The van der Waals surface area contributed by atoms with E-state index >= 15 is 0 Å². The number of nitrogens with one attached hydrogen (secondary N) is 1. The molecule has 0 radical (unpaired) electrons. The van der Waals surface area contributed by atoms with E-state index in [4.69, 9.17) is 4.74 Å². The summed E-state index contributed by atoms with van der Waals surface area (Å²) in [6.07, 6.45) is -2.73. The fourth-order valence-electron chi connectivity index (χ4n) is 2.10. The minimum atomic E-state index is -4.20. The highest BCUT2D eigenvalue weighted by molar-refractivity contribution is 5.80. The molecule has 0 amide bonds. The molecule has 2 aromatic rings. The highest BCUT2D eigenvalue weighted by Crippen LogP contribution is 2.23. The van der Waals surface area contributed by atoms with E-state index in [9.17, 15) is 13.2 Å². The molecule has 2 rings (SSSR count). The normalized spacial score (nSPS) is 12.2. The molecule has 0 aliphatic carbocycles. The van der Waals surface area contributed by atoms with Gasteiger partial charge >= 0.3 is 6.18 Å². The average molecular weight is 286 g/mol. The van der Waals surface area contributed by atoms with Crippen LogP contribution in [0.4, 0.5) is 13.2 Å². The number of methoxy groups -OCH3 is 1. The molecule has 0 saturated heterocycles. The molecule has 1 aromatic carbocycles. The van der Waals surface area contributed by atoms with Crippen molar-refractivity contribution in [2.45, 2.75) is 19.3 Å². The summed E-state index contributed by atoms with van der Waals surface area (Å²) < 4.78 is 43.4. The third-order valence-corrected chi connectivity index (χ3v) is 3.00. The zero-order valence-electron chi connectivity index (χ0n) is 11.2. The lowest BCUT2D eigenvalue weighted by molar-refractivity contribution is -0.139. The van der Waals surface area contributed by atoms with E-state index in [-0.39, 0.29) is 0 Å². The summed E-state index contributed by atoms with van der Waals surface area (Å²) in [4.78, 5) is 0. The molecule has 0 aliphatic heterocycles. The summed E-state index contributed by atoms with van der Waals surface area (Å²) in [6, 6.07) is 7.19. The monoisotopic (exact) mass is 286 g/mol. The maximum absolute atomic E-state index is 12.4. The van der Waals surface area contributed by atoms with Crippen LogP contribution >= 0.6 is 0 Å². The van der Waals surface area contributed by atoms with Crippen molar-refractivity contribution < 1.29 is 17.9 Å². The highest BCUT2D eigenvalue weighted by Gasteiger charge is 2.28. The van der Waals surface area contributed by atoms with Gasteiger partial charge in [0.15, 0.2) is 0 Å². The summed E-state index contributed by atoms with van der Waals surface area (Å²) in [5.41, 5.74) is 1.64. The molecule has 0 atom stereocenters. The third-order valence-electron chi connectivity index (χ3n) is 3.00. The van der Waals surface area contributed by atoms with E-state index in [1.165, 1.54) is 10.8 Å². The maximum atomic E-state index is 12.4. The third kappa shape index (κ3) is 3.98. The number of benzene rings is 1. The van der Waals surface area contributed by atoms with E-state index in [2.05, 4.69) is 5.32 Å². The van der Waals surface area contributed by atoms with Gasteiger partial charge in [-0.2, -0.15) is 13.2 Å². The first-order valence-electron chi connectivity index (χ1n) is 6.34. The minimum absolute atomic E-state index is 0.600. The topological polar surface area (TPSA) is 26.2 Å². The lowest BCUT2D eigenvalue weighted by Gasteiger charge is -2.09. The molecule has 0 fully saturated rings. The second kappa shape index (κ2) is 6.28. The molecular weight excluding hydrogens is 269 g/mol. The van der Waals surface area contributed by atoms with Crippen molar-refractivity contribution in [2.24, 2.45) is 0 Å². The lowest BCUT2D eigenvalue weighted by Crippen LogP contribution is -2.18. The van der Waals surface area contributed by atoms with E-state index < -0.39 is 12.7 Å². The van der Waals surface area contributed by atoms with Crippen molar-refractivity contribution in [3.05, 3.63) is 36.0 Å². The van der Waals surface area contributed by atoms with Crippen LogP contribution < -0.4 is 5.32 Å². The minimum Gasteiger partial charge on any atom is -0.383 e. The van der Waals surface area contributed by atoms with Crippen molar-refractivity contribution in [3.63, 3.8) is 0 Å². The number of hydrogen-bond acceptors (Lipinski definition) is 2. The number of rotatable bonds is 6. The summed E-state index contributed by atoms with van der Waals surface area (Å²) in [7, 11) is 1.64. The van der Waals surface area contributed by atoms with Gasteiger partial charge in [0.25, 0.3) is 0 Å². The van der Waals surface area contributed by atoms with Crippen LogP contribution in [-0.2, 0) is 17.8 Å². The Balaban J connectivity index is 2.08. The van der Waals surface area contributed by atoms with Gasteiger partial charge in [0.05, 0.1) is 6.61 Å². The number of hydrogen-bond donors (Lipinski definition) is 1. The van der Waals surface area contributed by atoms with Crippen molar-refractivity contribution in [1.82, 2.24) is 9.88 Å². The maximum Gasteiger partial charge on any atom is 0.406 e. The van der Waals surface area contributed by atoms with Crippen LogP contribution in [0.2, 0.25) is 0 Å². The molecule has 110 valence electrons. The SMILES string of the molecule is COCCNCc1ccc2c(ccn2CC(F)(F)F)c1. The largest absolute Gasteiger partial charge is 0.406 e. The quantitative estimate of drug-likeness (QED) is 0.826. The Morgan fingerprint density at radius 3 is 2.75 bits per heavy atom. The summed E-state index contributed by atoms with van der Waals surface area (Å²) in [6.45, 7) is 1.08. The van der Waals surface area contributed by atoms with Crippen LogP contribution in [0, 0.1) is 0 Å². The number of ether oxygens (including phenoxy) is 1. The molecule has 0 unspecified atom stereocenters. The van der Waals surface area contributed by atoms with Crippen molar-refractivity contribution in [1.29, 1.82) is 0 Å². The van der Waals surface area contributed by atoms with Gasteiger partial charge in [0, 0.05) is 31.9 Å². The molecule has 0 bridgehead atoms. The molecule has 1 N–H and O–H groups in total. The first-order chi connectivity index (χ1) is 9.49. The summed E-state index contributed by atoms with van der Waals surface area (Å²) in [5.74, 6) is 0. The zero-order chi connectivity index (χ0) is 14.6. The number of aromatic nitrogens is 1. The van der Waals surface area contributed by atoms with Gasteiger partial charge in [0.1, 0.15) is 6.54 Å². The smallest absolute Gasteiger partial charge is 0.383 e. The van der Waals surface area contributed by atoms with E-state index in [0.717, 1.165) is 17.5 Å². The molecule has 1 aromatic heterocycles. The van der Waals surface area contributed by atoms with Crippen LogP contribution in [0.15, 0.2) is 30.5 Å². The van der Waals surface area contributed by atoms with Gasteiger partial charge in [-0.15, -0.1) is 0 Å². The van der Waals surface area contributed by atoms with Gasteiger partial charge < -0.3 is 14.6 Å². The Hall–Kier alpha value is -1.53. The van der Waals surface area contributed by atoms with E-state index in [0.29, 0.717) is 18.7 Å². The van der Waals surface area contributed by atoms with Crippen LogP contribution in [0.5, 0.6) is 0 Å². The Morgan fingerprint density at radius 1 is 1.25 bits per heavy atom. The zero-order valence-corrected chi connectivity index (χ0v) is 11.2.